The minimum absolute atomic E-state index is 0.0222. The summed E-state index contributed by atoms with van der Waals surface area (Å²) >= 11 is 0. The summed E-state index contributed by atoms with van der Waals surface area (Å²) in [6.45, 7) is 0. The van der Waals surface area contributed by atoms with Crippen LogP contribution in [0.15, 0.2) is 29.1 Å². The lowest BCUT2D eigenvalue weighted by Gasteiger charge is -2.12. The fourth-order valence-corrected chi connectivity index (χ4v) is 4.39. The van der Waals surface area contributed by atoms with Gasteiger partial charge in [0.05, 0.1) is 39.6 Å². The molecule has 49 heavy (non-hydrogen) atoms. The van der Waals surface area contributed by atoms with Gasteiger partial charge in [0.15, 0.2) is 40.5 Å². The lowest BCUT2D eigenvalue weighted by atomic mass is 9.99. The molecule has 0 unspecified atom stereocenters. The highest BCUT2D eigenvalue weighted by atomic mass is 19.4. The van der Waals surface area contributed by atoms with Gasteiger partial charge in [0.25, 0.3) is 0 Å². The second-order valence-electron chi connectivity index (χ2n) is 9.13. The van der Waals surface area contributed by atoms with Gasteiger partial charge in [-0.15, -0.1) is 0 Å². The molecule has 0 amide bonds. The molecule has 0 spiro atoms. The van der Waals surface area contributed by atoms with Gasteiger partial charge in [0, 0.05) is 28.5 Å². The molecule has 0 atom stereocenters. The fraction of sp³-hybridized carbons (Fsp3) is 0.111. The standard InChI is InChI=1S/C27H2F16N6/c28-10-5-47-4-9(25(35,36)37)11(10)6(1-44)12-13(7(2-45)15-17(29)21(26(38,39)40)48-23(33)19(15)31)14(12)8(3-46)16-18(30)22(27(41,42)43)49-24(34)20(16)32/h4-5H/b12-6?,13-7-,14-8+. The lowest BCUT2D eigenvalue weighted by Crippen LogP contribution is -2.16. The Balaban J connectivity index is 2.37. The summed E-state index contributed by atoms with van der Waals surface area (Å²) in [7, 11) is 0. The van der Waals surface area contributed by atoms with Gasteiger partial charge in [-0.05, 0) is 0 Å². The van der Waals surface area contributed by atoms with E-state index in [9.17, 15) is 77.3 Å². The monoisotopic (exact) mass is 714 g/mol. The summed E-state index contributed by atoms with van der Waals surface area (Å²) in [5.74, 6) is -19.0. The molecule has 252 valence electrons. The SMILES string of the molecule is N#CC(=C1C(=C(/C#N)c2c(F)c(F)nc(C(F)(F)F)c2F)/C1=C(/C#N)c1c(F)c(F)nc(C(F)(F)F)c1F)c1c(F)cncc1C(F)(F)F. The summed E-state index contributed by atoms with van der Waals surface area (Å²) in [6.07, 6.45) is -17.7. The molecule has 3 heterocycles. The van der Waals surface area contributed by atoms with Gasteiger partial charge in [-0.1, -0.05) is 0 Å². The molecule has 6 nitrogen and oxygen atoms in total. The molecule has 0 saturated heterocycles. The van der Waals surface area contributed by atoms with E-state index in [1.165, 1.54) is 0 Å². The summed E-state index contributed by atoms with van der Waals surface area (Å²) in [6, 6.07) is 2.51. The van der Waals surface area contributed by atoms with Crippen molar-refractivity contribution in [3.63, 3.8) is 0 Å². The maximum absolute atomic E-state index is 15.1. The van der Waals surface area contributed by atoms with Gasteiger partial charge in [0.1, 0.15) is 18.2 Å². The Kier molecular flexibility index (Phi) is 8.72. The van der Waals surface area contributed by atoms with E-state index in [1.807, 2.05) is 9.97 Å². The first-order valence-corrected chi connectivity index (χ1v) is 11.9. The van der Waals surface area contributed by atoms with Crippen molar-refractivity contribution in [2.75, 3.05) is 0 Å². The predicted molar refractivity (Wildman–Crippen MR) is 125 cm³/mol. The first-order valence-electron chi connectivity index (χ1n) is 11.9. The maximum Gasteiger partial charge on any atom is 0.436 e. The largest absolute Gasteiger partial charge is 0.436 e. The molecule has 1 fully saturated rings. The highest BCUT2D eigenvalue weighted by Crippen LogP contribution is 2.58. The van der Waals surface area contributed by atoms with Crippen molar-refractivity contribution in [3.05, 3.63) is 104 Å². The number of rotatable bonds is 3. The molecule has 1 saturated carbocycles. The number of alkyl halides is 9. The molecule has 3 aromatic rings. The Labute approximate surface area is 258 Å². The van der Waals surface area contributed by atoms with E-state index in [1.54, 1.807) is 0 Å². The first kappa shape index (κ1) is 35.9. The number of halogens is 16. The van der Waals surface area contributed by atoms with Crippen LogP contribution >= 0.6 is 0 Å². The highest BCUT2D eigenvalue weighted by molar-refractivity contribution is 6.12. The smallest absolute Gasteiger partial charge is 0.261 e. The van der Waals surface area contributed by atoms with Crippen molar-refractivity contribution in [2.24, 2.45) is 0 Å². The van der Waals surface area contributed by atoms with Crippen LogP contribution in [-0.4, -0.2) is 15.0 Å². The third-order valence-electron chi connectivity index (χ3n) is 6.34. The van der Waals surface area contributed by atoms with E-state index in [4.69, 9.17) is 0 Å². The van der Waals surface area contributed by atoms with Crippen molar-refractivity contribution < 1.29 is 70.2 Å². The minimum Gasteiger partial charge on any atom is -0.261 e. The Hall–Kier alpha value is -5.98. The molecular formula is C27H2F16N6. The van der Waals surface area contributed by atoms with Crippen LogP contribution in [0.3, 0.4) is 0 Å². The minimum atomic E-state index is -5.97. The van der Waals surface area contributed by atoms with Crippen LogP contribution in [-0.2, 0) is 18.5 Å². The van der Waals surface area contributed by atoms with Crippen LogP contribution in [0.5, 0.6) is 0 Å². The van der Waals surface area contributed by atoms with E-state index in [2.05, 4.69) is 4.98 Å². The summed E-state index contributed by atoms with van der Waals surface area (Å²) < 4.78 is 225. The zero-order valence-electron chi connectivity index (χ0n) is 22.4. The quantitative estimate of drug-likeness (QED) is 0.154. The van der Waals surface area contributed by atoms with Gasteiger partial charge in [0.2, 0.25) is 11.9 Å². The van der Waals surface area contributed by atoms with Crippen molar-refractivity contribution in [3.8, 4) is 18.2 Å². The summed E-state index contributed by atoms with van der Waals surface area (Å²) in [4.78, 5) is 6.94. The van der Waals surface area contributed by atoms with Crippen LogP contribution in [0, 0.1) is 75.0 Å². The van der Waals surface area contributed by atoms with Crippen molar-refractivity contribution in [1.82, 2.24) is 15.0 Å². The van der Waals surface area contributed by atoms with Gasteiger partial charge in [-0.25, -0.2) is 31.9 Å². The Morgan fingerprint density at radius 2 is 0.837 bits per heavy atom. The van der Waals surface area contributed by atoms with Crippen LogP contribution in [0.1, 0.15) is 33.6 Å². The molecule has 0 radical (unpaired) electrons. The lowest BCUT2D eigenvalue weighted by molar-refractivity contribution is -0.145. The summed E-state index contributed by atoms with van der Waals surface area (Å²) in [5, 5.41) is 29.3. The second-order valence-corrected chi connectivity index (χ2v) is 9.13. The molecule has 3 aromatic heterocycles. The number of pyridine rings is 3. The Morgan fingerprint density at radius 3 is 1.14 bits per heavy atom. The maximum atomic E-state index is 15.1. The van der Waals surface area contributed by atoms with Crippen LogP contribution in [0.4, 0.5) is 70.2 Å². The number of hydrogen-bond acceptors (Lipinski definition) is 6. The summed E-state index contributed by atoms with van der Waals surface area (Å²) in [5.41, 5.74) is -25.1. The third kappa shape index (κ3) is 5.99. The zero-order valence-corrected chi connectivity index (χ0v) is 22.4. The molecule has 4 rings (SSSR count). The number of aromatic nitrogens is 3. The van der Waals surface area contributed by atoms with Gasteiger partial charge < -0.3 is 0 Å². The normalized spacial score (nSPS) is 16.4. The molecule has 0 aliphatic heterocycles. The van der Waals surface area contributed by atoms with E-state index >= 15 is 8.78 Å². The Morgan fingerprint density at radius 1 is 0.490 bits per heavy atom. The van der Waals surface area contributed by atoms with Crippen LogP contribution in [0.25, 0.3) is 16.7 Å². The van der Waals surface area contributed by atoms with Crippen LogP contribution < -0.4 is 0 Å². The Bertz CT molecular complexity index is 2070. The van der Waals surface area contributed by atoms with Crippen molar-refractivity contribution in [1.29, 1.82) is 15.8 Å². The molecule has 22 heteroatoms. The van der Waals surface area contributed by atoms with Gasteiger partial charge >= 0.3 is 18.5 Å². The highest BCUT2D eigenvalue weighted by Gasteiger charge is 2.49. The van der Waals surface area contributed by atoms with E-state index < -0.39 is 127 Å². The first-order chi connectivity index (χ1) is 22.5. The van der Waals surface area contributed by atoms with Crippen molar-refractivity contribution >= 4 is 16.7 Å². The fourth-order valence-electron chi connectivity index (χ4n) is 4.39. The molecule has 0 aromatic carbocycles. The average Bonchev–Trinajstić information content (AvgIpc) is 3.70. The molecule has 1 aliphatic carbocycles. The van der Waals surface area contributed by atoms with Gasteiger partial charge in [-0.3, -0.25) is 4.98 Å². The topological polar surface area (TPSA) is 110 Å². The number of nitrogens with zero attached hydrogens (tertiary/aromatic N) is 6. The van der Waals surface area contributed by atoms with Crippen molar-refractivity contribution in [2.45, 2.75) is 18.5 Å². The number of allylic oxidation sites excluding steroid dienone is 6. The molecule has 1 aliphatic rings. The predicted octanol–water partition coefficient (Wildman–Crippen LogP) is 8.15. The zero-order chi connectivity index (χ0) is 37.1. The van der Waals surface area contributed by atoms with E-state index in [0.29, 0.717) is 0 Å². The number of nitriles is 3. The van der Waals surface area contributed by atoms with Gasteiger partial charge in [-0.2, -0.15) is 64.1 Å². The van der Waals surface area contributed by atoms with Crippen LogP contribution in [0.2, 0.25) is 0 Å². The molecule has 0 bridgehead atoms. The third-order valence-corrected chi connectivity index (χ3v) is 6.34. The molecular weight excluding hydrogens is 712 g/mol. The van der Waals surface area contributed by atoms with E-state index in [0.717, 1.165) is 18.2 Å². The molecule has 0 N–H and O–H groups in total. The second kappa shape index (κ2) is 11.9. The van der Waals surface area contributed by atoms with E-state index in [-0.39, 0.29) is 12.4 Å². The average molecular weight is 714 g/mol. The number of hydrogen-bond donors (Lipinski definition) is 0.